The highest BCUT2D eigenvalue weighted by Gasteiger charge is 2.09. The molecule has 0 unspecified atom stereocenters. The number of ether oxygens (including phenoxy) is 2. The fraction of sp³-hybridized carbons (Fsp3) is 0.105. The molecule has 2 aromatic carbocycles. The Kier molecular flexibility index (Phi) is 4.31. The van der Waals surface area contributed by atoms with Crippen molar-refractivity contribution in [3.05, 3.63) is 59.0 Å². The summed E-state index contributed by atoms with van der Waals surface area (Å²) in [6, 6.07) is 16.0. The number of methoxy groups -OCH3 is 2. The third-order valence-electron chi connectivity index (χ3n) is 3.63. The number of nitrogens with zero attached hydrogens (tertiary/aromatic N) is 1. The Labute approximate surface area is 139 Å². The van der Waals surface area contributed by atoms with Gasteiger partial charge in [0.05, 0.1) is 25.9 Å². The number of rotatable bonds is 4. The van der Waals surface area contributed by atoms with Gasteiger partial charge < -0.3 is 9.47 Å². The van der Waals surface area contributed by atoms with Crippen LogP contribution in [-0.4, -0.2) is 14.2 Å². The number of hydrogen-bond donors (Lipinski definition) is 0. The zero-order chi connectivity index (χ0) is 16.2. The van der Waals surface area contributed by atoms with Crippen molar-refractivity contribution >= 4 is 33.1 Å². The van der Waals surface area contributed by atoms with E-state index in [0.717, 1.165) is 16.5 Å². The van der Waals surface area contributed by atoms with E-state index in [9.17, 15) is 5.26 Å². The van der Waals surface area contributed by atoms with Crippen LogP contribution in [-0.2, 0) is 0 Å². The summed E-state index contributed by atoms with van der Waals surface area (Å²) in [6.45, 7) is 0. The summed E-state index contributed by atoms with van der Waals surface area (Å²) in [7, 11) is 3.18. The third-order valence-corrected chi connectivity index (χ3v) is 4.61. The van der Waals surface area contributed by atoms with E-state index in [4.69, 9.17) is 9.47 Å². The van der Waals surface area contributed by atoms with E-state index in [2.05, 4.69) is 23.6 Å². The monoisotopic (exact) mass is 321 g/mol. The van der Waals surface area contributed by atoms with Gasteiger partial charge in [-0.2, -0.15) is 5.26 Å². The molecule has 0 fully saturated rings. The van der Waals surface area contributed by atoms with Gasteiger partial charge in [0.25, 0.3) is 0 Å². The Balaban J connectivity index is 2.08. The Morgan fingerprint density at radius 1 is 1.09 bits per heavy atom. The van der Waals surface area contributed by atoms with Crippen LogP contribution in [0.3, 0.4) is 0 Å². The molecule has 4 heteroatoms. The van der Waals surface area contributed by atoms with Crippen LogP contribution in [0, 0.1) is 11.3 Å². The molecule has 0 saturated heterocycles. The van der Waals surface area contributed by atoms with Crippen LogP contribution in [0.25, 0.3) is 21.7 Å². The van der Waals surface area contributed by atoms with Gasteiger partial charge in [-0.1, -0.05) is 18.2 Å². The first-order chi connectivity index (χ1) is 11.3. The minimum Gasteiger partial charge on any atom is -0.493 e. The standard InChI is InChI=1S/C19H15NO2S/c1-21-17-8-7-13(10-18(17)22-2)14(11-20)9-15-12-23-19-6-4-3-5-16(15)19/h3-10,12H,1-2H3. The van der Waals surface area contributed by atoms with Crippen molar-refractivity contribution in [2.75, 3.05) is 14.2 Å². The molecule has 1 aromatic heterocycles. The molecule has 0 aliphatic heterocycles. The first-order valence-corrected chi connectivity index (χ1v) is 7.95. The first-order valence-electron chi connectivity index (χ1n) is 7.07. The maximum absolute atomic E-state index is 9.55. The third kappa shape index (κ3) is 2.92. The molecule has 114 valence electrons. The molecule has 23 heavy (non-hydrogen) atoms. The summed E-state index contributed by atoms with van der Waals surface area (Å²) in [5.41, 5.74) is 2.45. The summed E-state index contributed by atoms with van der Waals surface area (Å²) in [5.74, 6) is 1.26. The average Bonchev–Trinajstić information content (AvgIpc) is 3.02. The van der Waals surface area contributed by atoms with Crippen LogP contribution < -0.4 is 9.47 Å². The number of hydrogen-bond acceptors (Lipinski definition) is 4. The molecule has 1 heterocycles. The van der Waals surface area contributed by atoms with Gasteiger partial charge in [-0.25, -0.2) is 0 Å². The van der Waals surface area contributed by atoms with Gasteiger partial charge >= 0.3 is 0 Å². The molecule has 0 aliphatic rings. The lowest BCUT2D eigenvalue weighted by molar-refractivity contribution is 0.355. The Bertz CT molecular complexity index is 919. The van der Waals surface area contributed by atoms with Crippen molar-refractivity contribution in [3.8, 4) is 17.6 Å². The van der Waals surface area contributed by atoms with Gasteiger partial charge in [-0.15, -0.1) is 11.3 Å². The molecule has 0 aliphatic carbocycles. The molecule has 0 bridgehead atoms. The SMILES string of the molecule is COc1ccc(C(C#N)=Cc2csc3ccccc23)cc1OC. The number of fused-ring (bicyclic) bond motifs is 1. The lowest BCUT2D eigenvalue weighted by Gasteiger charge is -2.09. The van der Waals surface area contributed by atoms with Gasteiger partial charge in [0.2, 0.25) is 0 Å². The first kappa shape index (κ1) is 15.1. The predicted octanol–water partition coefficient (Wildman–Crippen LogP) is 4.98. The van der Waals surface area contributed by atoms with Gasteiger partial charge in [0, 0.05) is 4.70 Å². The predicted molar refractivity (Wildman–Crippen MR) is 94.9 cm³/mol. The summed E-state index contributed by atoms with van der Waals surface area (Å²) in [4.78, 5) is 0. The molecule has 0 spiro atoms. The minimum atomic E-state index is 0.592. The Morgan fingerprint density at radius 2 is 1.87 bits per heavy atom. The van der Waals surface area contributed by atoms with Crippen molar-refractivity contribution in [1.29, 1.82) is 5.26 Å². The van der Waals surface area contributed by atoms with Crippen molar-refractivity contribution in [2.24, 2.45) is 0 Å². The van der Waals surface area contributed by atoms with Crippen LogP contribution in [0.4, 0.5) is 0 Å². The van der Waals surface area contributed by atoms with E-state index < -0.39 is 0 Å². The highest BCUT2D eigenvalue weighted by Crippen LogP contribution is 2.33. The number of allylic oxidation sites excluding steroid dienone is 1. The van der Waals surface area contributed by atoms with Crippen LogP contribution in [0.2, 0.25) is 0 Å². The molecule has 3 aromatic rings. The highest BCUT2D eigenvalue weighted by atomic mass is 32.1. The van der Waals surface area contributed by atoms with Gasteiger partial charge in [-0.3, -0.25) is 0 Å². The smallest absolute Gasteiger partial charge is 0.161 e. The van der Waals surface area contributed by atoms with E-state index in [1.807, 2.05) is 36.4 Å². The van der Waals surface area contributed by atoms with Gasteiger partial charge in [0.15, 0.2) is 11.5 Å². The van der Waals surface area contributed by atoms with Crippen LogP contribution >= 0.6 is 11.3 Å². The topological polar surface area (TPSA) is 42.2 Å². The quantitative estimate of drug-likeness (QED) is 0.636. The second-order valence-corrected chi connectivity index (χ2v) is 5.84. The summed E-state index contributed by atoms with van der Waals surface area (Å²) < 4.78 is 11.8. The van der Waals surface area contributed by atoms with Crippen LogP contribution in [0.15, 0.2) is 47.8 Å². The van der Waals surface area contributed by atoms with Crippen molar-refractivity contribution in [1.82, 2.24) is 0 Å². The number of nitriles is 1. The summed E-state index contributed by atoms with van der Waals surface area (Å²) >= 11 is 1.68. The molecule has 0 N–H and O–H groups in total. The van der Waals surface area contributed by atoms with Crippen LogP contribution in [0.1, 0.15) is 11.1 Å². The molecular formula is C19H15NO2S. The Hall–Kier alpha value is -2.77. The minimum absolute atomic E-state index is 0.592. The molecule has 3 rings (SSSR count). The van der Waals surface area contributed by atoms with E-state index in [0.29, 0.717) is 17.1 Å². The van der Waals surface area contributed by atoms with Crippen molar-refractivity contribution in [3.63, 3.8) is 0 Å². The molecule has 0 amide bonds. The van der Waals surface area contributed by atoms with E-state index >= 15 is 0 Å². The summed E-state index contributed by atoms with van der Waals surface area (Å²) in [6.07, 6.45) is 1.92. The lowest BCUT2D eigenvalue weighted by atomic mass is 10.0. The Morgan fingerprint density at radius 3 is 2.61 bits per heavy atom. The van der Waals surface area contributed by atoms with Gasteiger partial charge in [-0.05, 0) is 52.2 Å². The zero-order valence-electron chi connectivity index (χ0n) is 12.9. The largest absolute Gasteiger partial charge is 0.493 e. The number of benzene rings is 2. The molecule has 3 nitrogen and oxygen atoms in total. The van der Waals surface area contributed by atoms with Gasteiger partial charge in [0.1, 0.15) is 0 Å². The molecule has 0 atom stereocenters. The fourth-order valence-electron chi connectivity index (χ4n) is 2.45. The lowest BCUT2D eigenvalue weighted by Crippen LogP contribution is -1.92. The zero-order valence-corrected chi connectivity index (χ0v) is 13.7. The van der Waals surface area contributed by atoms with Crippen molar-refractivity contribution in [2.45, 2.75) is 0 Å². The fourth-order valence-corrected chi connectivity index (χ4v) is 3.37. The maximum Gasteiger partial charge on any atom is 0.161 e. The highest BCUT2D eigenvalue weighted by molar-refractivity contribution is 7.17. The van der Waals surface area contributed by atoms with Crippen molar-refractivity contribution < 1.29 is 9.47 Å². The second kappa shape index (κ2) is 6.55. The molecular weight excluding hydrogens is 306 g/mol. The average molecular weight is 321 g/mol. The maximum atomic E-state index is 9.55. The van der Waals surface area contributed by atoms with E-state index in [1.165, 1.54) is 4.70 Å². The summed E-state index contributed by atoms with van der Waals surface area (Å²) in [5, 5.41) is 12.8. The van der Waals surface area contributed by atoms with E-state index in [1.54, 1.807) is 25.6 Å². The second-order valence-electron chi connectivity index (χ2n) is 4.93. The normalized spacial score (nSPS) is 11.3. The molecule has 0 saturated carbocycles. The molecule has 0 radical (unpaired) electrons. The van der Waals surface area contributed by atoms with E-state index in [-0.39, 0.29) is 0 Å². The van der Waals surface area contributed by atoms with Crippen LogP contribution in [0.5, 0.6) is 11.5 Å². The number of thiophene rings is 1.